The number of amides is 2. The Morgan fingerprint density at radius 3 is 2.86 bits per heavy atom. The van der Waals surface area contributed by atoms with Gasteiger partial charge in [0.05, 0.1) is 4.92 Å². The summed E-state index contributed by atoms with van der Waals surface area (Å²) in [6.45, 7) is 0.383. The lowest BCUT2D eigenvalue weighted by molar-refractivity contribution is -0.387. The summed E-state index contributed by atoms with van der Waals surface area (Å²) < 4.78 is 13.2. The van der Waals surface area contributed by atoms with E-state index in [-0.39, 0.29) is 17.5 Å². The summed E-state index contributed by atoms with van der Waals surface area (Å²) in [5.74, 6) is -1.50. The van der Waals surface area contributed by atoms with Crippen molar-refractivity contribution in [3.8, 4) is 0 Å². The zero-order valence-corrected chi connectivity index (χ0v) is 11.3. The fourth-order valence-electron chi connectivity index (χ4n) is 2.19. The normalized spacial score (nSPS) is 18.5. The molecule has 0 aliphatic carbocycles. The highest BCUT2D eigenvalue weighted by molar-refractivity contribution is 5.95. The number of nitro groups is 1. The lowest BCUT2D eigenvalue weighted by Crippen LogP contribution is -2.48. The monoisotopic (exact) mass is 295 g/mol. The van der Waals surface area contributed by atoms with Crippen LogP contribution >= 0.6 is 0 Å². The molecule has 0 radical (unpaired) electrons. The first-order valence-corrected chi connectivity index (χ1v) is 6.37. The number of hydrogen-bond acceptors (Lipinski definition) is 4. The van der Waals surface area contributed by atoms with E-state index in [2.05, 4.69) is 5.32 Å². The molecule has 1 saturated heterocycles. The summed E-state index contributed by atoms with van der Waals surface area (Å²) >= 11 is 0. The molecular formula is C13H14FN3O4. The lowest BCUT2D eigenvalue weighted by atomic mass is 10.0. The molecule has 1 heterocycles. The molecule has 112 valence electrons. The number of nitro benzene ring substituents is 1. The minimum absolute atomic E-state index is 0.0120. The van der Waals surface area contributed by atoms with Crippen molar-refractivity contribution in [2.75, 3.05) is 13.6 Å². The van der Waals surface area contributed by atoms with Gasteiger partial charge in [-0.2, -0.15) is 4.39 Å². The molecule has 1 aromatic carbocycles. The van der Waals surface area contributed by atoms with Crippen molar-refractivity contribution < 1.29 is 18.9 Å². The zero-order chi connectivity index (χ0) is 15.6. The van der Waals surface area contributed by atoms with Gasteiger partial charge in [0.25, 0.3) is 5.91 Å². The number of benzene rings is 1. The van der Waals surface area contributed by atoms with Crippen molar-refractivity contribution in [1.29, 1.82) is 0 Å². The number of rotatable bonds is 3. The molecule has 8 heteroatoms. The van der Waals surface area contributed by atoms with E-state index in [4.69, 9.17) is 0 Å². The average Bonchev–Trinajstić information content (AvgIpc) is 2.43. The van der Waals surface area contributed by atoms with E-state index in [1.807, 2.05) is 0 Å². The Kier molecular flexibility index (Phi) is 4.15. The quantitative estimate of drug-likeness (QED) is 0.667. The van der Waals surface area contributed by atoms with Crippen LogP contribution in [0.25, 0.3) is 0 Å². The third-order valence-corrected chi connectivity index (χ3v) is 3.37. The molecule has 1 aliphatic heterocycles. The van der Waals surface area contributed by atoms with Crippen molar-refractivity contribution >= 4 is 17.5 Å². The molecule has 0 spiro atoms. The van der Waals surface area contributed by atoms with Crippen molar-refractivity contribution in [2.24, 2.45) is 0 Å². The second kappa shape index (κ2) is 5.86. The van der Waals surface area contributed by atoms with E-state index in [0.29, 0.717) is 19.4 Å². The van der Waals surface area contributed by atoms with Crippen LogP contribution in [0.4, 0.5) is 10.1 Å². The van der Waals surface area contributed by atoms with Gasteiger partial charge in [-0.1, -0.05) is 0 Å². The number of hydrogen-bond donors (Lipinski definition) is 1. The molecule has 2 rings (SSSR count). The molecule has 1 aromatic rings. The molecule has 1 atom stereocenters. The predicted molar refractivity (Wildman–Crippen MR) is 71.2 cm³/mol. The summed E-state index contributed by atoms with van der Waals surface area (Å²) in [4.78, 5) is 34.7. The number of likely N-dealkylation sites (N-methyl/N-ethyl adjacent to an activating group) is 1. The van der Waals surface area contributed by atoms with Gasteiger partial charge in [-0.15, -0.1) is 0 Å². The molecule has 1 aliphatic rings. The summed E-state index contributed by atoms with van der Waals surface area (Å²) in [7, 11) is 1.64. The predicted octanol–water partition coefficient (Wildman–Crippen LogP) is 1.08. The highest BCUT2D eigenvalue weighted by Crippen LogP contribution is 2.19. The van der Waals surface area contributed by atoms with Gasteiger partial charge in [0.2, 0.25) is 11.7 Å². The molecule has 1 fully saturated rings. The first kappa shape index (κ1) is 14.9. The maximum absolute atomic E-state index is 13.2. The van der Waals surface area contributed by atoms with E-state index in [9.17, 15) is 24.1 Å². The summed E-state index contributed by atoms with van der Waals surface area (Å²) in [6, 6.07) is 2.77. The largest absolute Gasteiger partial charge is 0.348 e. The second-order valence-electron chi connectivity index (χ2n) is 4.91. The Balaban J connectivity index is 2.09. The summed E-state index contributed by atoms with van der Waals surface area (Å²) in [5, 5.41) is 13.3. The third-order valence-electron chi connectivity index (χ3n) is 3.37. The third kappa shape index (κ3) is 3.33. The second-order valence-corrected chi connectivity index (χ2v) is 4.91. The maximum Gasteiger partial charge on any atom is 0.305 e. The highest BCUT2D eigenvalue weighted by atomic mass is 19.1. The van der Waals surface area contributed by atoms with Gasteiger partial charge < -0.3 is 10.2 Å². The van der Waals surface area contributed by atoms with E-state index < -0.39 is 22.3 Å². The first-order chi connectivity index (χ1) is 9.88. The summed E-state index contributed by atoms with van der Waals surface area (Å²) in [6.07, 6.45) is 0.850. The number of carbonyl (C=O) groups is 2. The molecule has 0 saturated carbocycles. The van der Waals surface area contributed by atoms with Crippen LogP contribution in [0, 0.1) is 15.9 Å². The van der Waals surface area contributed by atoms with Gasteiger partial charge >= 0.3 is 5.69 Å². The van der Waals surface area contributed by atoms with E-state index in [1.165, 1.54) is 11.0 Å². The zero-order valence-electron chi connectivity index (χ0n) is 11.3. The smallest absolute Gasteiger partial charge is 0.305 e. The molecule has 1 unspecified atom stereocenters. The molecule has 2 amide bonds. The first-order valence-electron chi connectivity index (χ1n) is 6.37. The van der Waals surface area contributed by atoms with Crippen LogP contribution in [-0.4, -0.2) is 41.3 Å². The van der Waals surface area contributed by atoms with E-state index in [1.54, 1.807) is 7.05 Å². The fraction of sp³-hybridized carbons (Fsp3) is 0.385. The number of carbonyl (C=O) groups excluding carboxylic acids is 2. The van der Waals surface area contributed by atoms with Gasteiger partial charge in [-0.05, 0) is 18.6 Å². The topological polar surface area (TPSA) is 92.6 Å². The van der Waals surface area contributed by atoms with Gasteiger partial charge in [0.1, 0.15) is 0 Å². The number of nitrogens with one attached hydrogen (secondary N) is 1. The Morgan fingerprint density at radius 2 is 2.24 bits per heavy atom. The highest BCUT2D eigenvalue weighted by Gasteiger charge is 2.25. The number of piperidine rings is 1. The van der Waals surface area contributed by atoms with Crippen molar-refractivity contribution in [3.63, 3.8) is 0 Å². The Labute approximate surface area is 119 Å². The minimum Gasteiger partial charge on any atom is -0.348 e. The van der Waals surface area contributed by atoms with Crippen LogP contribution in [0.15, 0.2) is 18.2 Å². The lowest BCUT2D eigenvalue weighted by Gasteiger charge is -2.30. The molecular weight excluding hydrogens is 281 g/mol. The van der Waals surface area contributed by atoms with E-state index >= 15 is 0 Å². The molecule has 1 N–H and O–H groups in total. The standard InChI is InChI=1S/C13H14FN3O4/c1-16-7-9(3-5-12(16)18)15-13(19)8-2-4-10(14)11(6-8)17(20)21/h2,4,6,9H,3,5,7H2,1H3,(H,15,19). The van der Waals surface area contributed by atoms with Crippen LogP contribution in [0.5, 0.6) is 0 Å². The van der Waals surface area contributed by atoms with Crippen LogP contribution in [0.2, 0.25) is 0 Å². The average molecular weight is 295 g/mol. The molecule has 0 aromatic heterocycles. The minimum atomic E-state index is -0.987. The number of likely N-dealkylation sites (tertiary alicyclic amines) is 1. The van der Waals surface area contributed by atoms with Crippen LogP contribution < -0.4 is 5.32 Å². The number of nitrogens with zero attached hydrogens (tertiary/aromatic N) is 2. The number of halogens is 1. The maximum atomic E-state index is 13.2. The Morgan fingerprint density at radius 1 is 1.52 bits per heavy atom. The SMILES string of the molecule is CN1CC(NC(=O)c2ccc(F)c([N+](=O)[O-])c2)CCC1=O. The summed E-state index contributed by atoms with van der Waals surface area (Å²) in [5.41, 5.74) is -0.721. The molecule has 21 heavy (non-hydrogen) atoms. The molecule has 7 nitrogen and oxygen atoms in total. The Bertz CT molecular complexity index is 605. The van der Waals surface area contributed by atoms with Gasteiger partial charge in [0, 0.05) is 37.7 Å². The van der Waals surface area contributed by atoms with Gasteiger partial charge in [0.15, 0.2) is 0 Å². The van der Waals surface area contributed by atoms with Crippen LogP contribution in [-0.2, 0) is 4.79 Å². The van der Waals surface area contributed by atoms with E-state index in [0.717, 1.165) is 12.1 Å². The van der Waals surface area contributed by atoms with Crippen molar-refractivity contribution in [3.05, 3.63) is 39.7 Å². The van der Waals surface area contributed by atoms with Crippen molar-refractivity contribution in [1.82, 2.24) is 10.2 Å². The fourth-order valence-corrected chi connectivity index (χ4v) is 2.19. The van der Waals surface area contributed by atoms with Crippen molar-refractivity contribution in [2.45, 2.75) is 18.9 Å². The van der Waals surface area contributed by atoms with Gasteiger partial charge in [-0.3, -0.25) is 19.7 Å². The molecule has 0 bridgehead atoms. The van der Waals surface area contributed by atoms with Crippen LogP contribution in [0.3, 0.4) is 0 Å². The Hall–Kier alpha value is -2.51. The van der Waals surface area contributed by atoms with Crippen LogP contribution in [0.1, 0.15) is 23.2 Å². The van der Waals surface area contributed by atoms with Gasteiger partial charge in [-0.25, -0.2) is 0 Å².